The van der Waals surface area contributed by atoms with Gasteiger partial charge in [-0.1, -0.05) is 35.5 Å². The Balaban J connectivity index is 1.30. The van der Waals surface area contributed by atoms with E-state index in [1.54, 1.807) is 10.4 Å². The molecule has 1 aromatic heterocycles. The number of benzene rings is 1. The van der Waals surface area contributed by atoms with Crippen molar-refractivity contribution in [3.63, 3.8) is 0 Å². The number of nitrogens with zero attached hydrogens (tertiary/aromatic N) is 2. The van der Waals surface area contributed by atoms with Gasteiger partial charge in [0.05, 0.1) is 5.75 Å². The minimum Gasteiger partial charge on any atom is -0.360 e. The SMILES string of the molecule is C[C@@H]1C[C@@H](NC(=O)c2cc(C3CC3)on2)CCN1S(=O)(=O)CCc1ccccc1. The molecule has 8 heteroatoms. The molecule has 2 fully saturated rings. The summed E-state index contributed by atoms with van der Waals surface area (Å²) >= 11 is 0. The molecule has 2 atom stereocenters. The van der Waals surface area contributed by atoms with Crippen LogP contribution in [-0.4, -0.2) is 48.2 Å². The van der Waals surface area contributed by atoms with Gasteiger partial charge in [-0.2, -0.15) is 4.31 Å². The molecule has 2 aliphatic rings. The van der Waals surface area contributed by atoms with E-state index in [9.17, 15) is 13.2 Å². The first-order valence-corrected chi connectivity index (χ1v) is 11.8. The molecule has 156 valence electrons. The topological polar surface area (TPSA) is 92.5 Å². The number of piperidine rings is 1. The van der Waals surface area contributed by atoms with E-state index < -0.39 is 10.0 Å². The summed E-state index contributed by atoms with van der Waals surface area (Å²) in [5, 5.41) is 6.86. The quantitative estimate of drug-likeness (QED) is 0.748. The molecule has 1 saturated heterocycles. The van der Waals surface area contributed by atoms with Crippen molar-refractivity contribution in [2.45, 2.75) is 57.0 Å². The van der Waals surface area contributed by atoms with Crippen LogP contribution in [0.1, 0.15) is 60.3 Å². The van der Waals surface area contributed by atoms with Crippen molar-refractivity contribution in [3.05, 3.63) is 53.4 Å². The number of aryl methyl sites for hydroxylation is 1. The van der Waals surface area contributed by atoms with E-state index >= 15 is 0 Å². The fourth-order valence-electron chi connectivity index (χ4n) is 3.92. The highest BCUT2D eigenvalue weighted by molar-refractivity contribution is 7.89. The number of rotatable bonds is 7. The number of sulfonamides is 1. The van der Waals surface area contributed by atoms with Gasteiger partial charge in [0, 0.05) is 30.6 Å². The second kappa shape index (κ2) is 8.28. The highest BCUT2D eigenvalue weighted by atomic mass is 32.2. The first-order chi connectivity index (χ1) is 13.9. The van der Waals surface area contributed by atoms with Gasteiger partial charge in [0.1, 0.15) is 5.76 Å². The van der Waals surface area contributed by atoms with E-state index in [0.717, 1.165) is 24.2 Å². The van der Waals surface area contributed by atoms with Gasteiger partial charge in [0.25, 0.3) is 5.91 Å². The van der Waals surface area contributed by atoms with Gasteiger partial charge in [-0.3, -0.25) is 4.79 Å². The summed E-state index contributed by atoms with van der Waals surface area (Å²) < 4.78 is 32.4. The second-order valence-corrected chi connectivity index (χ2v) is 10.1. The van der Waals surface area contributed by atoms with E-state index in [-0.39, 0.29) is 23.7 Å². The van der Waals surface area contributed by atoms with Crippen molar-refractivity contribution in [1.82, 2.24) is 14.8 Å². The summed E-state index contributed by atoms with van der Waals surface area (Å²) in [5.74, 6) is 1.04. The Labute approximate surface area is 171 Å². The Kier molecular flexibility index (Phi) is 5.74. The van der Waals surface area contributed by atoms with E-state index in [0.29, 0.717) is 37.4 Å². The largest absolute Gasteiger partial charge is 0.360 e. The van der Waals surface area contributed by atoms with E-state index in [4.69, 9.17) is 4.52 Å². The smallest absolute Gasteiger partial charge is 0.273 e. The molecule has 4 rings (SSSR count). The summed E-state index contributed by atoms with van der Waals surface area (Å²) in [5.41, 5.74) is 1.32. The van der Waals surface area contributed by atoms with Gasteiger partial charge >= 0.3 is 0 Å². The number of carbonyl (C=O) groups is 1. The molecule has 29 heavy (non-hydrogen) atoms. The van der Waals surface area contributed by atoms with Crippen LogP contribution in [0.4, 0.5) is 0 Å². The van der Waals surface area contributed by atoms with Crippen molar-refractivity contribution in [2.24, 2.45) is 0 Å². The van der Waals surface area contributed by atoms with E-state index in [1.165, 1.54) is 0 Å². The second-order valence-electron chi connectivity index (χ2n) is 8.09. The lowest BCUT2D eigenvalue weighted by atomic mass is 10.0. The van der Waals surface area contributed by atoms with Crippen LogP contribution >= 0.6 is 0 Å². The summed E-state index contributed by atoms with van der Waals surface area (Å²) in [7, 11) is -3.34. The standard InChI is InChI=1S/C21H27N3O4S/c1-15-13-18(22-21(25)19-14-20(28-23-19)17-7-8-17)9-11-24(15)29(26,27)12-10-16-5-3-2-4-6-16/h2-6,14-15,17-18H,7-13H2,1H3,(H,22,25)/t15-,18+/m1/s1. The monoisotopic (exact) mass is 417 g/mol. The molecule has 0 bridgehead atoms. The first-order valence-electron chi connectivity index (χ1n) is 10.2. The number of aromatic nitrogens is 1. The number of hydrogen-bond donors (Lipinski definition) is 1. The molecule has 1 saturated carbocycles. The van der Waals surface area contributed by atoms with E-state index in [2.05, 4.69) is 10.5 Å². The third-order valence-corrected chi connectivity index (χ3v) is 7.72. The number of nitrogens with one attached hydrogen (secondary N) is 1. The van der Waals surface area contributed by atoms with E-state index in [1.807, 2.05) is 37.3 Å². The predicted octanol–water partition coefficient (Wildman–Crippen LogP) is 2.71. The molecule has 0 radical (unpaired) electrons. The zero-order valence-corrected chi connectivity index (χ0v) is 17.4. The van der Waals surface area contributed by atoms with Crippen LogP contribution in [0.25, 0.3) is 0 Å². The summed E-state index contributed by atoms with van der Waals surface area (Å²) in [4.78, 5) is 12.4. The molecule has 0 spiro atoms. The van der Waals surface area contributed by atoms with Crippen LogP contribution in [0.5, 0.6) is 0 Å². The highest BCUT2D eigenvalue weighted by Gasteiger charge is 2.34. The average Bonchev–Trinajstić information content (AvgIpc) is 3.43. The molecule has 1 aromatic carbocycles. The van der Waals surface area contributed by atoms with Gasteiger partial charge in [0.15, 0.2) is 5.69 Å². The Hall–Kier alpha value is -2.19. The average molecular weight is 418 g/mol. The minimum atomic E-state index is -3.34. The third-order valence-electron chi connectivity index (χ3n) is 5.74. The molecular weight excluding hydrogens is 390 g/mol. The lowest BCUT2D eigenvalue weighted by Gasteiger charge is -2.36. The molecule has 2 heterocycles. The third kappa shape index (κ3) is 4.87. The van der Waals surface area contributed by atoms with Crippen LogP contribution in [0, 0.1) is 0 Å². The molecular formula is C21H27N3O4S. The minimum absolute atomic E-state index is 0.0702. The molecule has 0 unspecified atom stereocenters. The number of hydrogen-bond acceptors (Lipinski definition) is 5. The molecule has 7 nitrogen and oxygen atoms in total. The van der Waals surface area contributed by atoms with Crippen molar-refractivity contribution < 1.29 is 17.7 Å². The first kappa shape index (κ1) is 20.1. The van der Waals surface area contributed by atoms with Gasteiger partial charge in [-0.05, 0) is 44.6 Å². The Morgan fingerprint density at radius 3 is 2.69 bits per heavy atom. The Bertz CT molecular complexity index is 953. The summed E-state index contributed by atoms with van der Waals surface area (Å²) in [6, 6.07) is 11.1. The highest BCUT2D eigenvalue weighted by Crippen LogP contribution is 2.40. The van der Waals surface area contributed by atoms with Crippen molar-refractivity contribution in [1.29, 1.82) is 0 Å². The van der Waals surface area contributed by atoms with Gasteiger partial charge < -0.3 is 9.84 Å². The van der Waals surface area contributed by atoms with Crippen LogP contribution in [0.3, 0.4) is 0 Å². The van der Waals surface area contributed by atoms with Crippen LogP contribution in [0.2, 0.25) is 0 Å². The summed E-state index contributed by atoms with van der Waals surface area (Å²) in [6.45, 7) is 2.31. The zero-order chi connectivity index (χ0) is 20.4. The number of carbonyl (C=O) groups excluding carboxylic acids is 1. The van der Waals surface area contributed by atoms with Gasteiger partial charge in [0.2, 0.25) is 10.0 Å². The van der Waals surface area contributed by atoms with Crippen LogP contribution in [0.15, 0.2) is 40.9 Å². The van der Waals surface area contributed by atoms with Crippen LogP contribution < -0.4 is 5.32 Å². The lowest BCUT2D eigenvalue weighted by molar-refractivity contribution is 0.0905. The van der Waals surface area contributed by atoms with Gasteiger partial charge in [-0.15, -0.1) is 0 Å². The van der Waals surface area contributed by atoms with Gasteiger partial charge in [-0.25, -0.2) is 8.42 Å². The van der Waals surface area contributed by atoms with Crippen molar-refractivity contribution in [2.75, 3.05) is 12.3 Å². The number of amides is 1. The zero-order valence-electron chi connectivity index (χ0n) is 16.6. The fourth-order valence-corrected chi connectivity index (χ4v) is 5.67. The maximum atomic E-state index is 12.8. The predicted molar refractivity (Wildman–Crippen MR) is 109 cm³/mol. The maximum Gasteiger partial charge on any atom is 0.273 e. The fraction of sp³-hybridized carbons (Fsp3) is 0.524. The molecule has 1 aliphatic heterocycles. The Morgan fingerprint density at radius 2 is 2.00 bits per heavy atom. The molecule has 1 N–H and O–H groups in total. The molecule has 2 aromatic rings. The molecule has 1 amide bonds. The summed E-state index contributed by atoms with van der Waals surface area (Å²) in [6.07, 6.45) is 3.86. The normalized spacial score (nSPS) is 23.1. The van der Waals surface area contributed by atoms with Crippen molar-refractivity contribution in [3.8, 4) is 0 Å². The lowest BCUT2D eigenvalue weighted by Crippen LogP contribution is -2.51. The molecule has 1 aliphatic carbocycles. The van der Waals surface area contributed by atoms with Crippen LogP contribution in [-0.2, 0) is 16.4 Å². The van der Waals surface area contributed by atoms with Crippen molar-refractivity contribution >= 4 is 15.9 Å². The maximum absolute atomic E-state index is 12.8. The Morgan fingerprint density at radius 1 is 1.24 bits per heavy atom.